The molecule has 0 atom stereocenters. The Morgan fingerprint density at radius 2 is 1.56 bits per heavy atom. The first-order chi connectivity index (χ1) is 20.4. The molecule has 240 valence electrons. The number of hydrogen-bond donors (Lipinski definition) is 0. The van der Waals surface area contributed by atoms with Crippen molar-refractivity contribution in [2.24, 2.45) is 0 Å². The maximum Gasteiger partial charge on any atom is 0.419 e. The van der Waals surface area contributed by atoms with Crippen LogP contribution < -0.4 is 9.64 Å². The minimum absolute atomic E-state index is 0.302. The van der Waals surface area contributed by atoms with Gasteiger partial charge in [0.1, 0.15) is 11.4 Å². The lowest BCUT2D eigenvalue weighted by Gasteiger charge is -2.27. The van der Waals surface area contributed by atoms with Crippen molar-refractivity contribution in [1.29, 1.82) is 0 Å². The molecular formula is C35H55N3O5. The summed E-state index contributed by atoms with van der Waals surface area (Å²) < 4.78 is 17.5. The predicted octanol–water partition coefficient (Wildman–Crippen LogP) is 8.32. The van der Waals surface area contributed by atoms with Crippen LogP contribution in [0.25, 0.3) is 10.9 Å². The highest BCUT2D eigenvalue weighted by Gasteiger charge is 2.23. The fraction of sp³-hybridized carbons (Fsp3) is 0.543. The van der Waals surface area contributed by atoms with Crippen LogP contribution in [-0.2, 0) is 16.0 Å². The van der Waals surface area contributed by atoms with Crippen LogP contribution >= 0.6 is 0 Å². The second-order valence-electron chi connectivity index (χ2n) is 11.1. The minimum Gasteiger partial charge on any atom is -0.496 e. The maximum atomic E-state index is 12.6. The largest absolute Gasteiger partial charge is 0.496 e. The number of methoxy groups -OCH3 is 2. The minimum atomic E-state index is -0.523. The van der Waals surface area contributed by atoms with Gasteiger partial charge in [-0.15, -0.1) is 0 Å². The molecule has 2 heterocycles. The third-order valence-electron chi connectivity index (χ3n) is 6.65. The number of benzene rings is 2. The Labute approximate surface area is 259 Å². The van der Waals surface area contributed by atoms with E-state index in [9.17, 15) is 9.59 Å². The second-order valence-corrected chi connectivity index (χ2v) is 11.1. The van der Waals surface area contributed by atoms with E-state index in [0.29, 0.717) is 5.56 Å². The van der Waals surface area contributed by atoms with Crippen molar-refractivity contribution < 1.29 is 23.8 Å². The SMILES string of the molecule is CC.CC.COC(=O)c1cccc(N(C)C)c1.COc1cc(C)c2c(ccn2C(=O)OC(C)(C)C)c1CN1CCCCC1. The second kappa shape index (κ2) is 18.2. The first kappa shape index (κ1) is 37.5. The van der Waals surface area contributed by atoms with Crippen molar-refractivity contribution >= 4 is 28.7 Å². The third kappa shape index (κ3) is 10.9. The zero-order valence-electron chi connectivity index (χ0n) is 28.7. The summed E-state index contributed by atoms with van der Waals surface area (Å²) in [4.78, 5) is 28.2. The van der Waals surface area contributed by atoms with Crippen LogP contribution in [0.5, 0.6) is 5.75 Å². The van der Waals surface area contributed by atoms with Crippen LogP contribution in [-0.4, -0.2) is 68.5 Å². The number of hydrogen-bond acceptors (Lipinski definition) is 7. The summed E-state index contributed by atoms with van der Waals surface area (Å²) in [6.07, 6.45) is 5.27. The number of nitrogens with zero attached hydrogens (tertiary/aromatic N) is 3. The van der Waals surface area contributed by atoms with Crippen molar-refractivity contribution in [3.05, 3.63) is 59.3 Å². The van der Waals surface area contributed by atoms with E-state index in [1.54, 1.807) is 23.8 Å². The van der Waals surface area contributed by atoms with Crippen LogP contribution in [0, 0.1) is 6.92 Å². The summed E-state index contributed by atoms with van der Waals surface area (Å²) in [5, 5.41) is 1.07. The summed E-state index contributed by atoms with van der Waals surface area (Å²) in [6, 6.07) is 11.3. The molecule has 0 bridgehead atoms. The summed E-state index contributed by atoms with van der Waals surface area (Å²) in [5.41, 5.74) is 4.11. The standard InChI is InChI=1S/C21H30N2O3.C10H13NO2.2C2H6/c1-15-13-18(25-5)17(14-22-10-7-6-8-11-22)16-9-12-23(19(15)16)20(24)26-21(2,3)4;1-11(2)9-6-4-5-8(7-9)10(12)13-3;2*1-2/h9,12-13H,6-8,10-11,14H2,1-5H3;4-7H,1-3H3;2*1-2H3. The fourth-order valence-corrected chi connectivity index (χ4v) is 4.74. The number of aryl methyl sites for hydroxylation is 1. The summed E-state index contributed by atoms with van der Waals surface area (Å²) in [5.74, 6) is 0.589. The molecule has 4 rings (SSSR count). The van der Waals surface area contributed by atoms with Crippen molar-refractivity contribution in [2.75, 3.05) is 46.3 Å². The molecule has 8 heteroatoms. The van der Waals surface area contributed by atoms with Gasteiger partial charge in [-0.25, -0.2) is 9.59 Å². The van der Waals surface area contributed by atoms with Gasteiger partial charge in [-0.05, 0) is 89.5 Å². The van der Waals surface area contributed by atoms with Gasteiger partial charge in [-0.3, -0.25) is 9.47 Å². The zero-order valence-corrected chi connectivity index (χ0v) is 28.7. The van der Waals surface area contributed by atoms with Gasteiger partial charge >= 0.3 is 12.1 Å². The predicted molar refractivity (Wildman–Crippen MR) is 179 cm³/mol. The molecule has 0 unspecified atom stereocenters. The molecule has 0 amide bonds. The molecule has 1 aliphatic heterocycles. The molecular weight excluding hydrogens is 542 g/mol. The molecule has 0 N–H and O–H groups in total. The Morgan fingerprint density at radius 1 is 0.930 bits per heavy atom. The van der Waals surface area contributed by atoms with Gasteiger partial charge in [-0.2, -0.15) is 0 Å². The number of carbonyl (C=O) groups is 2. The molecule has 2 aromatic carbocycles. The average molecular weight is 598 g/mol. The molecule has 1 aromatic heterocycles. The van der Waals surface area contributed by atoms with Gasteiger partial charge in [0, 0.05) is 43.5 Å². The lowest BCUT2D eigenvalue weighted by molar-refractivity contribution is 0.0542. The molecule has 1 saturated heterocycles. The van der Waals surface area contributed by atoms with E-state index in [1.807, 2.05) is 105 Å². The lowest BCUT2D eigenvalue weighted by Crippen LogP contribution is -2.29. The number of carbonyl (C=O) groups excluding carboxylic acids is 2. The highest BCUT2D eigenvalue weighted by molar-refractivity contribution is 5.95. The van der Waals surface area contributed by atoms with Crippen LogP contribution in [0.2, 0.25) is 0 Å². The number of anilines is 1. The van der Waals surface area contributed by atoms with E-state index in [2.05, 4.69) is 9.64 Å². The Balaban J connectivity index is 0.000000458. The van der Waals surface area contributed by atoms with Gasteiger partial charge in [0.25, 0.3) is 0 Å². The van der Waals surface area contributed by atoms with Crippen molar-refractivity contribution in [3.8, 4) is 5.75 Å². The molecule has 3 aromatic rings. The van der Waals surface area contributed by atoms with Crippen molar-refractivity contribution in [1.82, 2.24) is 9.47 Å². The average Bonchev–Trinajstić information content (AvgIpc) is 3.46. The molecule has 0 saturated carbocycles. The Hall–Kier alpha value is -3.52. The number of ether oxygens (including phenoxy) is 3. The van der Waals surface area contributed by atoms with E-state index >= 15 is 0 Å². The fourth-order valence-electron chi connectivity index (χ4n) is 4.74. The van der Waals surface area contributed by atoms with Gasteiger partial charge in [0.05, 0.1) is 25.3 Å². The molecule has 8 nitrogen and oxygen atoms in total. The van der Waals surface area contributed by atoms with Gasteiger partial charge in [0.2, 0.25) is 0 Å². The quantitative estimate of drug-likeness (QED) is 0.274. The number of aromatic nitrogens is 1. The van der Waals surface area contributed by atoms with E-state index in [-0.39, 0.29) is 12.1 Å². The molecule has 0 radical (unpaired) electrons. The van der Waals surface area contributed by atoms with Gasteiger partial charge in [0.15, 0.2) is 0 Å². The first-order valence-electron chi connectivity index (χ1n) is 15.4. The van der Waals surface area contributed by atoms with E-state index in [0.717, 1.165) is 53.1 Å². The Kier molecular flexibility index (Phi) is 15.9. The van der Waals surface area contributed by atoms with Crippen LogP contribution in [0.15, 0.2) is 42.6 Å². The molecule has 43 heavy (non-hydrogen) atoms. The number of rotatable bonds is 5. The third-order valence-corrected chi connectivity index (χ3v) is 6.65. The lowest BCUT2D eigenvalue weighted by atomic mass is 10.0. The Bertz CT molecular complexity index is 1280. The maximum absolute atomic E-state index is 12.6. The number of likely N-dealkylation sites (tertiary alicyclic amines) is 1. The summed E-state index contributed by atoms with van der Waals surface area (Å²) in [7, 11) is 6.95. The van der Waals surface area contributed by atoms with E-state index in [4.69, 9.17) is 9.47 Å². The summed E-state index contributed by atoms with van der Waals surface area (Å²) in [6.45, 7) is 18.7. The van der Waals surface area contributed by atoms with Crippen molar-refractivity contribution in [2.45, 2.75) is 86.8 Å². The van der Waals surface area contributed by atoms with Crippen LogP contribution in [0.3, 0.4) is 0 Å². The number of fused-ring (bicyclic) bond motifs is 1. The van der Waals surface area contributed by atoms with E-state index in [1.165, 1.54) is 26.4 Å². The van der Waals surface area contributed by atoms with Gasteiger partial charge < -0.3 is 19.1 Å². The number of esters is 1. The van der Waals surface area contributed by atoms with Crippen molar-refractivity contribution in [3.63, 3.8) is 0 Å². The normalized spacial score (nSPS) is 12.8. The van der Waals surface area contributed by atoms with Gasteiger partial charge in [-0.1, -0.05) is 40.2 Å². The smallest absolute Gasteiger partial charge is 0.419 e. The first-order valence-corrected chi connectivity index (χ1v) is 15.4. The molecule has 1 aliphatic rings. The monoisotopic (exact) mass is 597 g/mol. The molecule has 0 spiro atoms. The number of piperidine rings is 1. The highest BCUT2D eigenvalue weighted by atomic mass is 16.6. The van der Waals surface area contributed by atoms with Crippen LogP contribution in [0.1, 0.15) is 89.2 Å². The Morgan fingerprint density at radius 3 is 2.09 bits per heavy atom. The molecule has 0 aliphatic carbocycles. The van der Waals surface area contributed by atoms with Crippen LogP contribution in [0.4, 0.5) is 10.5 Å². The molecule has 1 fully saturated rings. The van der Waals surface area contributed by atoms with E-state index < -0.39 is 5.60 Å². The topological polar surface area (TPSA) is 73.2 Å². The summed E-state index contributed by atoms with van der Waals surface area (Å²) >= 11 is 0. The zero-order chi connectivity index (χ0) is 32.7. The highest BCUT2D eigenvalue weighted by Crippen LogP contribution is 2.34.